The molecule has 4 rings (SSSR count). The average Bonchev–Trinajstić information content (AvgIpc) is 2.69. The predicted octanol–water partition coefficient (Wildman–Crippen LogP) is 2.16. The lowest BCUT2D eigenvalue weighted by Crippen LogP contribution is -2.47. The van der Waals surface area contributed by atoms with Crippen molar-refractivity contribution in [3.05, 3.63) is 52.3 Å². The van der Waals surface area contributed by atoms with Gasteiger partial charge in [0.15, 0.2) is 5.78 Å². The van der Waals surface area contributed by atoms with Crippen molar-refractivity contribution in [1.82, 2.24) is 14.9 Å². The normalized spacial score (nSPS) is 20.6. The lowest BCUT2D eigenvalue weighted by atomic mass is 9.82. The highest BCUT2D eigenvalue weighted by Gasteiger charge is 2.29. The minimum Gasteiger partial charge on any atom is -0.395 e. The maximum atomic E-state index is 12.6. The van der Waals surface area contributed by atoms with Crippen molar-refractivity contribution in [3.8, 4) is 0 Å². The average molecular weight is 387 g/mol. The molecule has 1 aromatic heterocycles. The van der Waals surface area contributed by atoms with Crippen LogP contribution in [0.3, 0.4) is 0 Å². The smallest absolute Gasteiger partial charge is 0.225 e. The zero-order chi connectivity index (χ0) is 18.8. The quantitative estimate of drug-likeness (QED) is 0.868. The molecular formula is C20H23ClN4O2. The summed E-state index contributed by atoms with van der Waals surface area (Å²) in [6.45, 7) is 4.31. The van der Waals surface area contributed by atoms with Crippen molar-refractivity contribution in [2.75, 3.05) is 44.2 Å². The molecule has 7 heteroatoms. The molecule has 0 radical (unpaired) electrons. The van der Waals surface area contributed by atoms with E-state index in [9.17, 15) is 4.79 Å². The molecule has 0 spiro atoms. The molecule has 0 unspecified atom stereocenters. The zero-order valence-electron chi connectivity index (χ0n) is 15.1. The van der Waals surface area contributed by atoms with Crippen molar-refractivity contribution in [2.45, 2.75) is 18.8 Å². The van der Waals surface area contributed by atoms with Gasteiger partial charge in [0.05, 0.1) is 17.9 Å². The van der Waals surface area contributed by atoms with E-state index in [0.717, 1.165) is 43.9 Å². The van der Waals surface area contributed by atoms with Crippen molar-refractivity contribution in [3.63, 3.8) is 0 Å². The van der Waals surface area contributed by atoms with Gasteiger partial charge in [0.1, 0.15) is 0 Å². The van der Waals surface area contributed by atoms with Gasteiger partial charge in [0.25, 0.3) is 0 Å². The largest absolute Gasteiger partial charge is 0.395 e. The summed E-state index contributed by atoms with van der Waals surface area (Å²) in [6.07, 6.45) is 2.91. The van der Waals surface area contributed by atoms with Crippen LogP contribution in [0.15, 0.2) is 30.5 Å². The standard InChI is InChI=1S/C20H23ClN4O2/c21-16-3-1-14(2-4-16)15-11-18-17(19(27)12-15)13-22-20(23-18)25-7-5-24(6-8-25)9-10-26/h1-4,13,15,26H,5-12H2/t15-/m0/s1. The second-order valence-electron chi connectivity index (χ2n) is 7.16. The molecule has 1 fully saturated rings. The van der Waals surface area contributed by atoms with E-state index in [1.807, 2.05) is 24.3 Å². The summed E-state index contributed by atoms with van der Waals surface area (Å²) in [7, 11) is 0. The van der Waals surface area contributed by atoms with Gasteiger partial charge in [-0.2, -0.15) is 0 Å². The van der Waals surface area contributed by atoms with Crippen LogP contribution in [0.4, 0.5) is 5.95 Å². The van der Waals surface area contributed by atoms with Crippen LogP contribution in [-0.2, 0) is 6.42 Å². The number of aliphatic hydroxyl groups is 1. The van der Waals surface area contributed by atoms with Gasteiger partial charge < -0.3 is 10.0 Å². The lowest BCUT2D eigenvalue weighted by Gasteiger charge is -2.34. The van der Waals surface area contributed by atoms with E-state index in [1.165, 1.54) is 0 Å². The van der Waals surface area contributed by atoms with Crippen LogP contribution in [0.5, 0.6) is 0 Å². The zero-order valence-corrected chi connectivity index (χ0v) is 15.9. The number of carbonyl (C=O) groups is 1. The van der Waals surface area contributed by atoms with Gasteiger partial charge in [0.2, 0.25) is 5.95 Å². The van der Waals surface area contributed by atoms with Crippen molar-refractivity contribution >= 4 is 23.3 Å². The number of Topliss-reactive ketones (excluding diaryl/α,β-unsaturated/α-hetero) is 1. The maximum absolute atomic E-state index is 12.6. The van der Waals surface area contributed by atoms with Gasteiger partial charge >= 0.3 is 0 Å². The molecule has 1 atom stereocenters. The molecule has 1 N–H and O–H groups in total. The Morgan fingerprint density at radius 3 is 2.56 bits per heavy atom. The third-order valence-electron chi connectivity index (χ3n) is 5.44. The molecule has 1 aliphatic heterocycles. The Morgan fingerprint density at radius 1 is 1.11 bits per heavy atom. The number of hydrogen-bond donors (Lipinski definition) is 1. The number of carbonyl (C=O) groups excluding carboxylic acids is 1. The highest BCUT2D eigenvalue weighted by molar-refractivity contribution is 6.30. The number of benzene rings is 1. The number of rotatable bonds is 4. The second-order valence-corrected chi connectivity index (χ2v) is 7.60. The summed E-state index contributed by atoms with van der Waals surface area (Å²) < 4.78 is 0. The SMILES string of the molecule is O=C1C[C@@H](c2ccc(Cl)cc2)Cc2nc(N3CCN(CCO)CC3)ncc21. The number of halogens is 1. The highest BCUT2D eigenvalue weighted by Crippen LogP contribution is 2.32. The van der Waals surface area contributed by atoms with Crippen LogP contribution in [0.25, 0.3) is 0 Å². The van der Waals surface area contributed by atoms with Gasteiger partial charge in [-0.15, -0.1) is 0 Å². The molecule has 0 bridgehead atoms. The molecule has 2 aromatic rings. The summed E-state index contributed by atoms with van der Waals surface area (Å²) >= 11 is 5.99. The Morgan fingerprint density at radius 2 is 1.85 bits per heavy atom. The van der Waals surface area contributed by atoms with E-state index in [1.54, 1.807) is 6.20 Å². The minimum absolute atomic E-state index is 0.107. The van der Waals surface area contributed by atoms with E-state index in [4.69, 9.17) is 21.7 Å². The molecule has 1 aliphatic carbocycles. The summed E-state index contributed by atoms with van der Waals surface area (Å²) in [4.78, 5) is 26.2. The fourth-order valence-electron chi connectivity index (χ4n) is 3.87. The Hall–Kier alpha value is -2.02. The van der Waals surface area contributed by atoms with Crippen LogP contribution < -0.4 is 4.90 Å². The fourth-order valence-corrected chi connectivity index (χ4v) is 4.00. The highest BCUT2D eigenvalue weighted by atomic mass is 35.5. The van der Waals surface area contributed by atoms with Gasteiger partial charge in [-0.25, -0.2) is 9.97 Å². The Kier molecular flexibility index (Phi) is 5.38. The molecule has 0 amide bonds. The molecule has 1 saturated heterocycles. The molecule has 1 aromatic carbocycles. The minimum atomic E-state index is 0.107. The first-order valence-corrected chi connectivity index (χ1v) is 9.74. The Bertz CT molecular complexity index is 819. The number of aliphatic hydroxyl groups excluding tert-OH is 1. The van der Waals surface area contributed by atoms with Crippen LogP contribution in [0.2, 0.25) is 5.02 Å². The first-order chi connectivity index (χ1) is 13.1. The summed E-state index contributed by atoms with van der Waals surface area (Å²) in [5, 5.41) is 9.77. The van der Waals surface area contributed by atoms with Crippen LogP contribution in [0, 0.1) is 0 Å². The summed E-state index contributed by atoms with van der Waals surface area (Å²) in [5.74, 6) is 0.934. The first kappa shape index (κ1) is 18.3. The Labute approximate surface area is 163 Å². The van der Waals surface area contributed by atoms with Crippen molar-refractivity contribution < 1.29 is 9.90 Å². The van der Waals surface area contributed by atoms with E-state index in [2.05, 4.69) is 14.8 Å². The summed E-state index contributed by atoms with van der Waals surface area (Å²) in [6, 6.07) is 7.73. The lowest BCUT2D eigenvalue weighted by molar-refractivity contribution is 0.0962. The molecule has 0 saturated carbocycles. The van der Waals surface area contributed by atoms with Crippen LogP contribution in [0.1, 0.15) is 34.0 Å². The number of nitrogens with zero attached hydrogens (tertiary/aromatic N) is 4. The second kappa shape index (κ2) is 7.92. The molecule has 6 nitrogen and oxygen atoms in total. The monoisotopic (exact) mass is 386 g/mol. The number of fused-ring (bicyclic) bond motifs is 1. The third-order valence-corrected chi connectivity index (χ3v) is 5.69. The molecule has 2 aliphatic rings. The first-order valence-electron chi connectivity index (χ1n) is 9.37. The molecule has 27 heavy (non-hydrogen) atoms. The van der Waals surface area contributed by atoms with Crippen molar-refractivity contribution in [2.24, 2.45) is 0 Å². The van der Waals surface area contributed by atoms with E-state index in [-0.39, 0.29) is 18.3 Å². The summed E-state index contributed by atoms with van der Waals surface area (Å²) in [5.41, 5.74) is 2.62. The number of ketones is 1. The maximum Gasteiger partial charge on any atom is 0.225 e. The van der Waals surface area contributed by atoms with E-state index < -0.39 is 0 Å². The van der Waals surface area contributed by atoms with Gasteiger partial charge in [-0.05, 0) is 30.0 Å². The van der Waals surface area contributed by atoms with Gasteiger partial charge in [-0.1, -0.05) is 23.7 Å². The molecule has 2 heterocycles. The van der Waals surface area contributed by atoms with Gasteiger partial charge in [0, 0.05) is 50.4 Å². The van der Waals surface area contributed by atoms with Gasteiger partial charge in [-0.3, -0.25) is 9.69 Å². The molecular weight excluding hydrogens is 364 g/mol. The van der Waals surface area contributed by atoms with E-state index >= 15 is 0 Å². The Balaban J connectivity index is 1.52. The number of piperazine rings is 1. The fraction of sp³-hybridized carbons (Fsp3) is 0.450. The number of β-amino-alcohol motifs (C(OH)–C–C–N with tert-alkyl or cyclic N) is 1. The van der Waals surface area contributed by atoms with Crippen LogP contribution >= 0.6 is 11.6 Å². The van der Waals surface area contributed by atoms with Crippen LogP contribution in [-0.4, -0.2) is 65.1 Å². The topological polar surface area (TPSA) is 69.6 Å². The number of anilines is 1. The van der Waals surface area contributed by atoms with E-state index in [0.29, 0.717) is 29.5 Å². The third kappa shape index (κ3) is 3.98. The van der Waals surface area contributed by atoms with Crippen molar-refractivity contribution in [1.29, 1.82) is 0 Å². The predicted molar refractivity (Wildman–Crippen MR) is 105 cm³/mol. The molecule has 142 valence electrons. The number of hydrogen-bond acceptors (Lipinski definition) is 6. The number of aromatic nitrogens is 2.